The topological polar surface area (TPSA) is 84.9 Å². The van der Waals surface area contributed by atoms with E-state index in [-0.39, 0.29) is 30.9 Å². The number of anilines is 1. The molecule has 2 saturated heterocycles. The number of aryl methyl sites for hydroxylation is 1. The third kappa shape index (κ3) is 4.97. The van der Waals surface area contributed by atoms with Crippen LogP contribution < -0.4 is 10.2 Å². The molecule has 2 aliphatic heterocycles. The maximum Gasteiger partial charge on any atom is 0.312 e. The van der Waals surface area contributed by atoms with Crippen LogP contribution in [-0.4, -0.2) is 43.6 Å². The van der Waals surface area contributed by atoms with Gasteiger partial charge in [0.2, 0.25) is 5.91 Å². The minimum atomic E-state index is -0.668. The molecule has 2 aliphatic rings. The summed E-state index contributed by atoms with van der Waals surface area (Å²) in [5.41, 5.74) is 1.84. The Balaban J connectivity index is 1.43. The van der Waals surface area contributed by atoms with Crippen LogP contribution in [0.15, 0.2) is 41.8 Å². The molecule has 2 fully saturated rings. The molecule has 3 atom stereocenters. The second kappa shape index (κ2) is 9.62. The van der Waals surface area contributed by atoms with Crippen LogP contribution in [0.2, 0.25) is 0 Å². The SMILES string of the molecule is Cc1ccc(N2C(=O)CC(C(=O)OCC(=O)NCC3CCCO3)C2c2cccs2)cc1. The molecule has 31 heavy (non-hydrogen) atoms. The van der Waals surface area contributed by atoms with Gasteiger partial charge in [-0.25, -0.2) is 0 Å². The molecular formula is C23H26N2O5S. The third-order valence-corrected chi connectivity index (χ3v) is 6.61. The van der Waals surface area contributed by atoms with Crippen molar-refractivity contribution in [2.75, 3.05) is 24.7 Å². The maximum absolute atomic E-state index is 12.9. The minimum absolute atomic E-state index is 0.0263. The monoisotopic (exact) mass is 442 g/mol. The van der Waals surface area contributed by atoms with E-state index in [9.17, 15) is 14.4 Å². The lowest BCUT2D eigenvalue weighted by molar-refractivity contribution is -0.153. The molecule has 0 aliphatic carbocycles. The Morgan fingerprint density at radius 2 is 2.06 bits per heavy atom. The third-order valence-electron chi connectivity index (χ3n) is 5.67. The number of nitrogens with one attached hydrogen (secondary N) is 1. The van der Waals surface area contributed by atoms with E-state index in [1.807, 2.05) is 48.7 Å². The molecule has 1 aromatic heterocycles. The zero-order valence-corrected chi connectivity index (χ0v) is 18.2. The molecule has 1 aromatic carbocycles. The summed E-state index contributed by atoms with van der Waals surface area (Å²) >= 11 is 1.50. The number of hydrogen-bond acceptors (Lipinski definition) is 6. The van der Waals surface area contributed by atoms with Crippen molar-refractivity contribution >= 4 is 34.8 Å². The Kier molecular flexibility index (Phi) is 6.67. The summed E-state index contributed by atoms with van der Waals surface area (Å²) < 4.78 is 10.8. The lowest BCUT2D eigenvalue weighted by Gasteiger charge is -2.27. The van der Waals surface area contributed by atoms with Crippen LogP contribution in [-0.2, 0) is 23.9 Å². The molecule has 2 aromatic rings. The van der Waals surface area contributed by atoms with Crippen molar-refractivity contribution in [3.63, 3.8) is 0 Å². The van der Waals surface area contributed by atoms with Gasteiger partial charge in [0, 0.05) is 30.1 Å². The molecule has 4 rings (SSSR count). The van der Waals surface area contributed by atoms with Gasteiger partial charge in [0.25, 0.3) is 5.91 Å². The Bertz CT molecular complexity index is 922. The van der Waals surface area contributed by atoms with E-state index >= 15 is 0 Å². The van der Waals surface area contributed by atoms with Gasteiger partial charge < -0.3 is 19.7 Å². The van der Waals surface area contributed by atoms with Crippen molar-refractivity contribution in [3.8, 4) is 0 Å². The number of nitrogens with zero attached hydrogens (tertiary/aromatic N) is 1. The summed E-state index contributed by atoms with van der Waals surface area (Å²) in [5.74, 6) is -1.70. The molecule has 0 spiro atoms. The van der Waals surface area contributed by atoms with Gasteiger partial charge >= 0.3 is 5.97 Å². The van der Waals surface area contributed by atoms with Gasteiger partial charge in [-0.15, -0.1) is 11.3 Å². The Hall–Kier alpha value is -2.71. The number of carbonyl (C=O) groups excluding carboxylic acids is 3. The van der Waals surface area contributed by atoms with E-state index in [0.29, 0.717) is 13.2 Å². The maximum atomic E-state index is 12.9. The molecule has 0 saturated carbocycles. The van der Waals surface area contributed by atoms with Crippen molar-refractivity contribution in [3.05, 3.63) is 52.2 Å². The standard InChI is InChI=1S/C23H26N2O5S/c1-15-6-8-16(9-7-15)25-21(27)12-18(22(25)19-5-3-11-31-19)23(28)30-14-20(26)24-13-17-4-2-10-29-17/h3,5-9,11,17-18,22H,2,4,10,12-14H2,1H3,(H,24,26). The second-order valence-electron chi connectivity index (χ2n) is 7.92. The molecule has 0 radical (unpaired) electrons. The first-order valence-electron chi connectivity index (χ1n) is 10.5. The number of benzene rings is 1. The minimum Gasteiger partial charge on any atom is -0.455 e. The van der Waals surface area contributed by atoms with Crippen LogP contribution >= 0.6 is 11.3 Å². The highest BCUT2D eigenvalue weighted by molar-refractivity contribution is 7.10. The van der Waals surface area contributed by atoms with Crippen molar-refractivity contribution in [1.82, 2.24) is 5.32 Å². The Morgan fingerprint density at radius 3 is 2.74 bits per heavy atom. The van der Waals surface area contributed by atoms with E-state index < -0.39 is 17.9 Å². The van der Waals surface area contributed by atoms with Gasteiger partial charge in [-0.05, 0) is 43.3 Å². The Morgan fingerprint density at radius 1 is 1.26 bits per heavy atom. The summed E-state index contributed by atoms with van der Waals surface area (Å²) in [4.78, 5) is 40.5. The van der Waals surface area contributed by atoms with Gasteiger partial charge in [-0.3, -0.25) is 14.4 Å². The van der Waals surface area contributed by atoms with Gasteiger partial charge in [-0.2, -0.15) is 0 Å². The molecule has 3 heterocycles. The highest BCUT2D eigenvalue weighted by Gasteiger charge is 2.46. The summed E-state index contributed by atoms with van der Waals surface area (Å²) in [6, 6.07) is 11.0. The highest BCUT2D eigenvalue weighted by Crippen LogP contribution is 2.43. The molecule has 0 bridgehead atoms. The van der Waals surface area contributed by atoms with E-state index in [1.165, 1.54) is 11.3 Å². The van der Waals surface area contributed by atoms with Crippen molar-refractivity contribution < 1.29 is 23.9 Å². The number of thiophene rings is 1. The predicted octanol–water partition coefficient (Wildman–Crippen LogP) is 2.99. The Labute approximate surface area is 185 Å². The quantitative estimate of drug-likeness (QED) is 0.667. The number of esters is 1. The van der Waals surface area contributed by atoms with Gasteiger partial charge in [0.15, 0.2) is 6.61 Å². The summed E-state index contributed by atoms with van der Waals surface area (Å²) in [5, 5.41) is 4.66. The molecule has 164 valence electrons. The first-order valence-corrected chi connectivity index (χ1v) is 11.4. The van der Waals surface area contributed by atoms with Crippen LogP contribution in [0.4, 0.5) is 5.69 Å². The average molecular weight is 443 g/mol. The number of hydrogen-bond donors (Lipinski definition) is 1. The zero-order valence-electron chi connectivity index (χ0n) is 17.4. The number of rotatable bonds is 7. The lowest BCUT2D eigenvalue weighted by atomic mass is 9.99. The second-order valence-corrected chi connectivity index (χ2v) is 8.90. The van der Waals surface area contributed by atoms with Crippen LogP contribution in [0, 0.1) is 12.8 Å². The molecule has 1 N–H and O–H groups in total. The summed E-state index contributed by atoms with van der Waals surface area (Å²) in [6.07, 6.45) is 1.99. The van der Waals surface area contributed by atoms with Crippen molar-refractivity contribution in [2.45, 2.75) is 38.3 Å². The van der Waals surface area contributed by atoms with E-state index in [2.05, 4.69) is 5.32 Å². The van der Waals surface area contributed by atoms with Gasteiger partial charge in [0.1, 0.15) is 0 Å². The van der Waals surface area contributed by atoms with E-state index in [1.54, 1.807) is 4.90 Å². The molecule has 3 unspecified atom stereocenters. The molecule has 7 nitrogen and oxygen atoms in total. The zero-order chi connectivity index (χ0) is 21.8. The van der Waals surface area contributed by atoms with Crippen LogP contribution in [0.1, 0.15) is 35.7 Å². The smallest absolute Gasteiger partial charge is 0.312 e. The fourth-order valence-electron chi connectivity index (χ4n) is 4.07. The summed E-state index contributed by atoms with van der Waals surface area (Å²) in [6.45, 7) is 2.75. The molecular weight excluding hydrogens is 416 g/mol. The number of carbonyl (C=O) groups is 3. The van der Waals surface area contributed by atoms with E-state index in [0.717, 1.165) is 29.0 Å². The highest BCUT2D eigenvalue weighted by atomic mass is 32.1. The fourth-order valence-corrected chi connectivity index (χ4v) is 4.95. The van der Waals surface area contributed by atoms with Gasteiger partial charge in [-0.1, -0.05) is 23.8 Å². The van der Waals surface area contributed by atoms with Crippen molar-refractivity contribution in [2.24, 2.45) is 5.92 Å². The van der Waals surface area contributed by atoms with Gasteiger partial charge in [0.05, 0.1) is 18.1 Å². The lowest BCUT2D eigenvalue weighted by Crippen LogP contribution is -2.36. The average Bonchev–Trinajstić information content (AvgIpc) is 3.52. The predicted molar refractivity (Wildman–Crippen MR) is 117 cm³/mol. The first kappa shape index (κ1) is 21.5. The van der Waals surface area contributed by atoms with Crippen LogP contribution in [0.5, 0.6) is 0 Å². The van der Waals surface area contributed by atoms with Crippen LogP contribution in [0.25, 0.3) is 0 Å². The number of amides is 2. The van der Waals surface area contributed by atoms with Crippen molar-refractivity contribution in [1.29, 1.82) is 0 Å². The molecule has 8 heteroatoms. The first-order chi connectivity index (χ1) is 15.0. The van der Waals surface area contributed by atoms with E-state index in [4.69, 9.17) is 9.47 Å². The summed E-state index contributed by atoms with van der Waals surface area (Å²) in [7, 11) is 0. The molecule has 2 amide bonds. The van der Waals surface area contributed by atoms with Crippen LogP contribution in [0.3, 0.4) is 0 Å². The normalized spacial score (nSPS) is 23.2. The fraction of sp³-hybridized carbons (Fsp3) is 0.435. The largest absolute Gasteiger partial charge is 0.455 e. The number of ether oxygens (including phenoxy) is 2.